The zero-order valence-electron chi connectivity index (χ0n) is 12.5. The van der Waals surface area contributed by atoms with Gasteiger partial charge in [0.1, 0.15) is 0 Å². The highest BCUT2D eigenvalue weighted by molar-refractivity contribution is 8.55. The van der Waals surface area contributed by atoms with Crippen molar-refractivity contribution < 1.29 is 27.2 Å². The molecule has 0 atom stereocenters. The van der Waals surface area contributed by atoms with Crippen molar-refractivity contribution in [2.45, 2.75) is 26.7 Å². The number of hydrogen-bond acceptors (Lipinski definition) is 7. The quantitative estimate of drug-likeness (QED) is 0.398. The molecule has 0 aromatic rings. The van der Waals surface area contributed by atoms with Crippen LogP contribution < -0.4 is 5.09 Å². The van der Waals surface area contributed by atoms with Crippen molar-refractivity contribution in [3.05, 3.63) is 0 Å². The summed E-state index contributed by atoms with van der Waals surface area (Å²) in [6.45, 7) is 1.77. The monoisotopic (exact) mass is 349 g/mol. The smallest absolute Gasteiger partial charge is 0.304 e. The van der Waals surface area contributed by atoms with Crippen LogP contribution in [0.5, 0.6) is 0 Å². The van der Waals surface area contributed by atoms with E-state index < -0.39 is 14.5 Å². The zero-order chi connectivity index (χ0) is 15.5. The molecule has 1 N–H and O–H groups in total. The number of rotatable bonds is 13. The van der Waals surface area contributed by atoms with E-state index in [0.717, 1.165) is 24.2 Å². The van der Waals surface area contributed by atoms with Crippen molar-refractivity contribution in [3.8, 4) is 0 Å². The molecule has 0 aromatic heterocycles. The van der Waals surface area contributed by atoms with Gasteiger partial charge in [-0.2, -0.15) is 0 Å². The Hall–Kier alpha value is 0.610. The van der Waals surface area contributed by atoms with Crippen molar-refractivity contribution in [1.82, 2.24) is 5.09 Å². The summed E-state index contributed by atoms with van der Waals surface area (Å²) in [7, 11) is -0.639. The van der Waals surface area contributed by atoms with Crippen LogP contribution in [0.25, 0.3) is 0 Å². The molecule has 0 amide bonds. The predicted molar refractivity (Wildman–Crippen MR) is 82.2 cm³/mol. The SMILES string of the molecule is CCCOP(=O)(NCCSP(=O)(OC)OC)OCCC. The highest BCUT2D eigenvalue weighted by atomic mass is 32.7. The Morgan fingerprint density at radius 1 is 1.00 bits per heavy atom. The van der Waals surface area contributed by atoms with Gasteiger partial charge < -0.3 is 9.05 Å². The van der Waals surface area contributed by atoms with E-state index in [9.17, 15) is 9.13 Å². The lowest BCUT2D eigenvalue weighted by Crippen LogP contribution is -2.18. The first-order chi connectivity index (χ1) is 9.45. The maximum Gasteiger partial charge on any atom is 0.405 e. The molecule has 0 unspecified atom stereocenters. The molecule has 0 saturated heterocycles. The summed E-state index contributed by atoms with van der Waals surface area (Å²) in [6.07, 6.45) is 1.50. The second kappa shape index (κ2) is 11.2. The third-order valence-corrected chi connectivity index (χ3v) is 7.68. The Bertz CT molecular complexity index is 324. The lowest BCUT2D eigenvalue weighted by Gasteiger charge is -2.19. The maximum atomic E-state index is 12.3. The molecule has 122 valence electrons. The fourth-order valence-electron chi connectivity index (χ4n) is 1.07. The van der Waals surface area contributed by atoms with Crippen LogP contribution in [-0.4, -0.2) is 39.7 Å². The average molecular weight is 349 g/mol. The molecule has 7 nitrogen and oxygen atoms in total. The Kier molecular flexibility index (Phi) is 11.6. The maximum absolute atomic E-state index is 12.3. The molecule has 0 heterocycles. The minimum Gasteiger partial charge on any atom is -0.304 e. The zero-order valence-corrected chi connectivity index (χ0v) is 15.1. The average Bonchev–Trinajstić information content (AvgIpc) is 2.47. The standard InChI is InChI=1S/C10H25NO6P2S/c1-5-8-16-18(12,17-9-6-2)11-7-10-20-19(13,14-3)15-4/h5-10H2,1-4H3,(H,11,12). The molecular formula is C10H25NO6P2S. The van der Waals surface area contributed by atoms with Gasteiger partial charge in [0.15, 0.2) is 0 Å². The van der Waals surface area contributed by atoms with Gasteiger partial charge in [-0.1, -0.05) is 13.8 Å². The predicted octanol–water partition coefficient (Wildman–Crippen LogP) is 3.67. The Morgan fingerprint density at radius 2 is 1.50 bits per heavy atom. The molecule has 0 rings (SSSR count). The van der Waals surface area contributed by atoms with Gasteiger partial charge >= 0.3 is 14.5 Å². The van der Waals surface area contributed by atoms with Crippen LogP contribution in [0.4, 0.5) is 0 Å². The lowest BCUT2D eigenvalue weighted by molar-refractivity contribution is 0.196. The Morgan fingerprint density at radius 3 is 1.90 bits per heavy atom. The van der Waals surface area contributed by atoms with Gasteiger partial charge in [-0.25, -0.2) is 14.2 Å². The highest BCUT2D eigenvalue weighted by Crippen LogP contribution is 2.59. The lowest BCUT2D eigenvalue weighted by atomic mass is 10.5. The van der Waals surface area contributed by atoms with Gasteiger partial charge in [-0.3, -0.25) is 9.05 Å². The van der Waals surface area contributed by atoms with E-state index in [-0.39, 0.29) is 0 Å². The largest absolute Gasteiger partial charge is 0.405 e. The molecular weight excluding hydrogens is 324 g/mol. The van der Waals surface area contributed by atoms with Crippen molar-refractivity contribution >= 4 is 25.9 Å². The normalized spacial score (nSPS) is 12.8. The van der Waals surface area contributed by atoms with Gasteiger partial charge in [-0.15, -0.1) is 0 Å². The summed E-state index contributed by atoms with van der Waals surface area (Å²) in [5.41, 5.74) is 0. The van der Waals surface area contributed by atoms with Crippen LogP contribution in [-0.2, 0) is 27.2 Å². The van der Waals surface area contributed by atoms with Crippen molar-refractivity contribution in [3.63, 3.8) is 0 Å². The summed E-state index contributed by atoms with van der Waals surface area (Å²) < 4.78 is 44.1. The molecule has 0 radical (unpaired) electrons. The molecule has 0 fully saturated rings. The highest BCUT2D eigenvalue weighted by Gasteiger charge is 2.25. The van der Waals surface area contributed by atoms with E-state index in [4.69, 9.17) is 18.1 Å². The van der Waals surface area contributed by atoms with Gasteiger partial charge in [0.25, 0.3) is 0 Å². The van der Waals surface area contributed by atoms with E-state index >= 15 is 0 Å². The van der Waals surface area contributed by atoms with Gasteiger partial charge in [-0.05, 0) is 24.2 Å². The first kappa shape index (κ1) is 20.6. The molecule has 0 aliphatic carbocycles. The third-order valence-electron chi connectivity index (χ3n) is 2.03. The molecule has 0 aliphatic heterocycles. The fourth-order valence-corrected chi connectivity index (χ4v) is 5.07. The summed E-state index contributed by atoms with van der Waals surface area (Å²) in [5.74, 6) is 0.397. The van der Waals surface area contributed by atoms with E-state index in [1.807, 2.05) is 13.8 Å². The first-order valence-corrected chi connectivity index (χ1v) is 11.1. The number of hydrogen-bond donors (Lipinski definition) is 1. The minimum absolute atomic E-state index is 0.312. The second-order valence-corrected chi connectivity index (χ2v) is 9.95. The summed E-state index contributed by atoms with van der Waals surface area (Å²) >= 11 is 1.03. The van der Waals surface area contributed by atoms with Crippen LogP contribution in [0.15, 0.2) is 0 Å². The topological polar surface area (TPSA) is 83.1 Å². The Labute approximate surface area is 125 Å². The van der Waals surface area contributed by atoms with Crippen LogP contribution in [0, 0.1) is 0 Å². The van der Waals surface area contributed by atoms with Crippen LogP contribution >= 0.6 is 25.9 Å². The molecule has 0 saturated carbocycles. The van der Waals surface area contributed by atoms with E-state index in [2.05, 4.69) is 5.09 Å². The summed E-state index contributed by atoms with van der Waals surface area (Å²) in [4.78, 5) is 0. The van der Waals surface area contributed by atoms with Crippen molar-refractivity contribution in [1.29, 1.82) is 0 Å². The third kappa shape index (κ3) is 8.80. The first-order valence-electron chi connectivity index (χ1n) is 6.45. The fraction of sp³-hybridized carbons (Fsp3) is 1.00. The van der Waals surface area contributed by atoms with E-state index in [1.54, 1.807) is 0 Å². The van der Waals surface area contributed by atoms with E-state index in [1.165, 1.54) is 14.2 Å². The minimum atomic E-state index is -3.29. The van der Waals surface area contributed by atoms with Crippen LogP contribution in [0.3, 0.4) is 0 Å². The van der Waals surface area contributed by atoms with E-state index in [0.29, 0.717) is 25.5 Å². The summed E-state index contributed by atoms with van der Waals surface area (Å²) in [5, 5.41) is 2.74. The molecule has 20 heavy (non-hydrogen) atoms. The molecule has 0 bridgehead atoms. The van der Waals surface area contributed by atoms with Crippen LogP contribution in [0.1, 0.15) is 26.7 Å². The second-order valence-electron chi connectivity index (χ2n) is 3.72. The van der Waals surface area contributed by atoms with Crippen LogP contribution in [0.2, 0.25) is 0 Å². The van der Waals surface area contributed by atoms with Crippen molar-refractivity contribution in [2.24, 2.45) is 0 Å². The molecule has 0 spiro atoms. The van der Waals surface area contributed by atoms with Gasteiger partial charge in [0, 0.05) is 26.5 Å². The molecule has 10 heteroatoms. The summed E-state index contributed by atoms with van der Waals surface area (Å²) in [6, 6.07) is 0. The molecule has 0 aliphatic rings. The van der Waals surface area contributed by atoms with Crippen molar-refractivity contribution in [2.75, 3.05) is 39.7 Å². The number of nitrogens with one attached hydrogen (secondary N) is 1. The van der Waals surface area contributed by atoms with Gasteiger partial charge in [0.05, 0.1) is 13.2 Å². The Balaban J connectivity index is 4.19. The molecule has 0 aromatic carbocycles. The van der Waals surface area contributed by atoms with Gasteiger partial charge in [0.2, 0.25) is 0 Å².